The third-order valence-corrected chi connectivity index (χ3v) is 4.44. The molecule has 1 heterocycles. The number of benzene rings is 1. The molecule has 0 saturated heterocycles. The van der Waals surface area contributed by atoms with Gasteiger partial charge in [0.25, 0.3) is 11.8 Å². The predicted octanol–water partition coefficient (Wildman–Crippen LogP) is -1.57. The van der Waals surface area contributed by atoms with E-state index in [1.807, 2.05) is 12.1 Å². The van der Waals surface area contributed by atoms with Crippen LogP contribution in [0.25, 0.3) is 0 Å². The van der Waals surface area contributed by atoms with Gasteiger partial charge < -0.3 is 21.9 Å². The fraction of sp³-hybridized carbons (Fsp3) is 0.389. The molecule has 0 unspecified atom stereocenters. The summed E-state index contributed by atoms with van der Waals surface area (Å²) in [7, 11) is 0. The third-order valence-electron chi connectivity index (χ3n) is 4.44. The zero-order valence-corrected chi connectivity index (χ0v) is 16.7. The third kappa shape index (κ3) is 4.87. The predicted molar refractivity (Wildman–Crippen MR) is 89.9 cm³/mol. The quantitative estimate of drug-likeness (QED) is 0.415. The van der Waals surface area contributed by atoms with Crippen molar-refractivity contribution in [2.75, 3.05) is 13.1 Å². The molecule has 7 nitrogen and oxygen atoms in total. The van der Waals surface area contributed by atoms with Crippen molar-refractivity contribution in [3.63, 3.8) is 0 Å². The van der Waals surface area contributed by atoms with Crippen LogP contribution in [0.1, 0.15) is 37.7 Å². The van der Waals surface area contributed by atoms with Gasteiger partial charge in [0.1, 0.15) is 17.9 Å². The molecule has 134 valence electrons. The Morgan fingerprint density at radius 1 is 1.23 bits per heavy atom. The number of aliphatic hydroxyl groups is 1. The van der Waals surface area contributed by atoms with Gasteiger partial charge in [-0.3, -0.25) is 14.4 Å². The van der Waals surface area contributed by atoms with Crippen LogP contribution in [0.2, 0.25) is 0 Å². The van der Waals surface area contributed by atoms with Gasteiger partial charge in [-0.25, -0.2) is 0 Å². The van der Waals surface area contributed by atoms with Crippen molar-refractivity contribution < 1.29 is 55.6 Å². The van der Waals surface area contributed by atoms with E-state index in [-0.39, 0.29) is 48.7 Å². The number of hydrogen-bond donors (Lipinski definition) is 3. The van der Waals surface area contributed by atoms with E-state index in [4.69, 9.17) is 5.11 Å². The maximum Gasteiger partial charge on any atom is 1.00 e. The molecule has 3 N–H and O–H groups in total. The molecule has 0 radical (unpaired) electrons. The van der Waals surface area contributed by atoms with E-state index in [9.17, 15) is 19.5 Å². The Kier molecular flexibility index (Phi) is 6.86. The van der Waals surface area contributed by atoms with E-state index in [1.165, 1.54) is 23.3 Å². The SMILES string of the molecule is O=C(O)CNC(=O)C1=C(O)CCN(Cc2ccc(C3CC3)cc2)C1=O.[H-].[Na+]. The monoisotopic (exact) mass is 368 g/mol. The number of carboxylic acids is 1. The van der Waals surface area contributed by atoms with Crippen LogP contribution < -0.4 is 34.9 Å². The van der Waals surface area contributed by atoms with Crippen LogP contribution in [0.3, 0.4) is 0 Å². The molecule has 3 rings (SSSR count). The molecule has 0 atom stereocenters. The van der Waals surface area contributed by atoms with E-state index < -0.39 is 24.3 Å². The van der Waals surface area contributed by atoms with Crippen LogP contribution in [0.5, 0.6) is 0 Å². The average molecular weight is 368 g/mol. The molecule has 1 aromatic carbocycles. The Bertz CT molecular complexity index is 747. The summed E-state index contributed by atoms with van der Waals surface area (Å²) in [5.41, 5.74) is 1.88. The van der Waals surface area contributed by atoms with Gasteiger partial charge in [0.2, 0.25) is 0 Å². The van der Waals surface area contributed by atoms with Gasteiger partial charge in [-0.2, -0.15) is 0 Å². The number of rotatable bonds is 6. The topological polar surface area (TPSA) is 107 Å². The molecule has 1 aliphatic heterocycles. The smallest absolute Gasteiger partial charge is 1.00 e. The minimum atomic E-state index is -1.22. The van der Waals surface area contributed by atoms with Crippen molar-refractivity contribution in [3.8, 4) is 0 Å². The summed E-state index contributed by atoms with van der Waals surface area (Å²) in [6.45, 7) is 0.0447. The number of carbonyl (C=O) groups is 3. The van der Waals surface area contributed by atoms with Gasteiger partial charge in [0.05, 0.1) is 0 Å². The Balaban J connectivity index is 0.00000182. The Morgan fingerprint density at radius 3 is 2.46 bits per heavy atom. The number of aliphatic hydroxyl groups excluding tert-OH is 1. The molecule has 0 bridgehead atoms. The Hall–Kier alpha value is -1.83. The number of carboxylic acid groups (broad SMARTS) is 1. The van der Waals surface area contributed by atoms with E-state index in [1.54, 1.807) is 0 Å². The van der Waals surface area contributed by atoms with Crippen molar-refractivity contribution in [1.82, 2.24) is 10.2 Å². The van der Waals surface area contributed by atoms with Crippen molar-refractivity contribution in [2.24, 2.45) is 0 Å². The van der Waals surface area contributed by atoms with Gasteiger partial charge in [-0.05, 0) is 29.9 Å². The maximum absolute atomic E-state index is 12.5. The largest absolute Gasteiger partial charge is 1.00 e. The van der Waals surface area contributed by atoms with Gasteiger partial charge in [-0.15, -0.1) is 0 Å². The fourth-order valence-corrected chi connectivity index (χ4v) is 2.90. The summed E-state index contributed by atoms with van der Waals surface area (Å²) in [6.07, 6.45) is 2.62. The van der Waals surface area contributed by atoms with Crippen LogP contribution in [0.4, 0.5) is 0 Å². The number of aliphatic carboxylic acids is 1. The zero-order valence-electron chi connectivity index (χ0n) is 15.7. The van der Waals surface area contributed by atoms with Gasteiger partial charge in [0.15, 0.2) is 0 Å². The normalized spacial score (nSPS) is 16.9. The number of nitrogens with zero attached hydrogens (tertiary/aromatic N) is 1. The fourth-order valence-electron chi connectivity index (χ4n) is 2.90. The molecule has 2 aliphatic rings. The molecule has 1 aromatic rings. The van der Waals surface area contributed by atoms with E-state index in [0.29, 0.717) is 19.0 Å². The second-order valence-corrected chi connectivity index (χ2v) is 6.39. The van der Waals surface area contributed by atoms with E-state index >= 15 is 0 Å². The van der Waals surface area contributed by atoms with Gasteiger partial charge in [0, 0.05) is 19.5 Å². The summed E-state index contributed by atoms with van der Waals surface area (Å²) in [6, 6.07) is 8.08. The van der Waals surface area contributed by atoms with Crippen LogP contribution >= 0.6 is 0 Å². The first-order valence-corrected chi connectivity index (χ1v) is 8.26. The summed E-state index contributed by atoms with van der Waals surface area (Å²) in [4.78, 5) is 36.6. The minimum Gasteiger partial charge on any atom is -1.00 e. The van der Waals surface area contributed by atoms with Crippen molar-refractivity contribution in [2.45, 2.75) is 31.7 Å². The summed E-state index contributed by atoms with van der Waals surface area (Å²) in [5.74, 6) is -2.30. The zero-order chi connectivity index (χ0) is 18.0. The van der Waals surface area contributed by atoms with Crippen molar-refractivity contribution >= 4 is 17.8 Å². The first-order chi connectivity index (χ1) is 12.0. The molecular weight excluding hydrogens is 347 g/mol. The van der Waals surface area contributed by atoms with Crippen LogP contribution in [-0.2, 0) is 20.9 Å². The Morgan fingerprint density at radius 2 is 1.88 bits per heavy atom. The maximum atomic E-state index is 12.5. The van der Waals surface area contributed by atoms with Crippen molar-refractivity contribution in [3.05, 3.63) is 46.7 Å². The molecule has 8 heteroatoms. The van der Waals surface area contributed by atoms with E-state index in [2.05, 4.69) is 17.4 Å². The Labute approximate surface area is 174 Å². The molecule has 0 aromatic heterocycles. The second-order valence-electron chi connectivity index (χ2n) is 6.39. The molecule has 1 saturated carbocycles. The molecule has 2 amide bonds. The first-order valence-electron chi connectivity index (χ1n) is 8.26. The molecule has 26 heavy (non-hydrogen) atoms. The average Bonchev–Trinajstić information content (AvgIpc) is 3.41. The summed E-state index contributed by atoms with van der Waals surface area (Å²) < 4.78 is 0. The number of nitrogens with one attached hydrogen (secondary N) is 1. The first kappa shape index (κ1) is 20.5. The van der Waals surface area contributed by atoms with Gasteiger partial charge in [-0.1, -0.05) is 24.3 Å². The molecule has 1 fully saturated rings. The standard InChI is InChI=1S/C18H20N2O5.Na.H/c21-14-7-8-20(18(25)16(14)17(24)19-9-15(22)23)10-11-1-3-12(4-2-11)13-5-6-13;;/h1-4,13,21H,5-10H2,(H,19,24)(H,22,23);;/q;+1;-1. The minimum absolute atomic E-state index is 0. The number of carbonyl (C=O) groups excluding carboxylic acids is 2. The summed E-state index contributed by atoms with van der Waals surface area (Å²) in [5, 5.41) is 20.6. The van der Waals surface area contributed by atoms with Gasteiger partial charge >= 0.3 is 35.5 Å². The number of hydrogen-bond acceptors (Lipinski definition) is 4. The molecule has 0 spiro atoms. The van der Waals surface area contributed by atoms with Crippen LogP contribution in [-0.4, -0.2) is 46.0 Å². The van der Waals surface area contributed by atoms with Crippen LogP contribution in [0, 0.1) is 0 Å². The second kappa shape index (κ2) is 8.70. The number of amides is 2. The molecular formula is C18H21N2NaO5. The molecule has 1 aliphatic carbocycles. The summed E-state index contributed by atoms with van der Waals surface area (Å²) >= 11 is 0. The van der Waals surface area contributed by atoms with Crippen molar-refractivity contribution in [1.29, 1.82) is 0 Å². The van der Waals surface area contributed by atoms with E-state index in [0.717, 1.165) is 5.56 Å². The van der Waals surface area contributed by atoms with Crippen LogP contribution in [0.15, 0.2) is 35.6 Å².